The van der Waals surface area contributed by atoms with E-state index < -0.39 is 0 Å². The van der Waals surface area contributed by atoms with Crippen molar-refractivity contribution in [3.8, 4) is 0 Å². The minimum Gasteiger partial charge on any atom is -0.365 e. The second-order valence-corrected chi connectivity index (χ2v) is 5.52. The van der Waals surface area contributed by atoms with E-state index in [4.69, 9.17) is 0 Å². The zero-order chi connectivity index (χ0) is 13.1. The number of H-pyrrole nitrogens is 1. The first-order valence-electron chi connectivity index (χ1n) is 8.01. The van der Waals surface area contributed by atoms with Crippen LogP contribution < -0.4 is 0 Å². The SMILES string of the molecule is CCCCCCC(CCCCCC)c1ccc[nH]1. The Balaban J connectivity index is 2.29. The molecule has 1 N–H and O–H groups in total. The standard InChI is InChI=1S/C17H31N/c1-3-5-7-9-12-16(13-10-8-6-4-2)17-14-11-15-18-17/h11,14-16,18H,3-10,12-13H2,1-2H3. The molecule has 1 heterocycles. The van der Waals surface area contributed by atoms with Crippen LogP contribution in [-0.2, 0) is 0 Å². The van der Waals surface area contributed by atoms with Gasteiger partial charge in [-0.25, -0.2) is 0 Å². The molecule has 0 radical (unpaired) electrons. The van der Waals surface area contributed by atoms with Crippen LogP contribution in [0.15, 0.2) is 18.3 Å². The van der Waals surface area contributed by atoms with Gasteiger partial charge in [-0.3, -0.25) is 0 Å². The van der Waals surface area contributed by atoms with Crippen LogP contribution in [0.2, 0.25) is 0 Å². The van der Waals surface area contributed by atoms with Gasteiger partial charge in [-0.15, -0.1) is 0 Å². The Bertz CT molecular complexity index is 251. The first-order chi connectivity index (χ1) is 8.88. The summed E-state index contributed by atoms with van der Waals surface area (Å²) < 4.78 is 0. The summed E-state index contributed by atoms with van der Waals surface area (Å²) in [5.41, 5.74) is 1.46. The van der Waals surface area contributed by atoms with Crippen molar-refractivity contribution in [3.05, 3.63) is 24.0 Å². The third kappa shape index (κ3) is 6.28. The Labute approximate surface area is 113 Å². The van der Waals surface area contributed by atoms with Crippen molar-refractivity contribution in [1.82, 2.24) is 4.98 Å². The van der Waals surface area contributed by atoms with Crippen molar-refractivity contribution < 1.29 is 0 Å². The fraction of sp³-hybridized carbons (Fsp3) is 0.765. The lowest BCUT2D eigenvalue weighted by atomic mass is 9.92. The van der Waals surface area contributed by atoms with E-state index >= 15 is 0 Å². The molecule has 0 atom stereocenters. The van der Waals surface area contributed by atoms with Gasteiger partial charge < -0.3 is 4.98 Å². The second-order valence-electron chi connectivity index (χ2n) is 5.52. The molecule has 0 saturated carbocycles. The Kier molecular flexibility index (Phi) is 8.71. The molecule has 0 aromatic carbocycles. The van der Waals surface area contributed by atoms with Crippen LogP contribution in [0.25, 0.3) is 0 Å². The second kappa shape index (κ2) is 10.2. The molecular weight excluding hydrogens is 218 g/mol. The normalized spacial score (nSPS) is 11.3. The van der Waals surface area contributed by atoms with E-state index in [-0.39, 0.29) is 0 Å². The van der Waals surface area contributed by atoms with Crippen molar-refractivity contribution in [2.45, 2.75) is 84.0 Å². The van der Waals surface area contributed by atoms with Crippen LogP contribution in [0.3, 0.4) is 0 Å². The third-order valence-electron chi connectivity index (χ3n) is 3.87. The summed E-state index contributed by atoms with van der Waals surface area (Å²) in [6.07, 6.45) is 15.9. The Morgan fingerprint density at radius 2 is 1.50 bits per heavy atom. The molecule has 0 bridgehead atoms. The average molecular weight is 249 g/mol. The zero-order valence-electron chi connectivity index (χ0n) is 12.4. The Morgan fingerprint density at radius 1 is 0.889 bits per heavy atom. The molecule has 1 rings (SSSR count). The smallest absolute Gasteiger partial charge is 0.0178 e. The number of hydrogen-bond acceptors (Lipinski definition) is 0. The van der Waals surface area contributed by atoms with Gasteiger partial charge in [-0.1, -0.05) is 65.2 Å². The minimum atomic E-state index is 0.772. The highest BCUT2D eigenvalue weighted by Crippen LogP contribution is 2.27. The minimum absolute atomic E-state index is 0.772. The van der Waals surface area contributed by atoms with Crippen molar-refractivity contribution in [2.24, 2.45) is 0 Å². The number of unbranched alkanes of at least 4 members (excludes halogenated alkanes) is 6. The average Bonchev–Trinajstić information content (AvgIpc) is 2.91. The highest BCUT2D eigenvalue weighted by molar-refractivity contribution is 5.09. The molecule has 0 spiro atoms. The summed E-state index contributed by atoms with van der Waals surface area (Å²) >= 11 is 0. The van der Waals surface area contributed by atoms with Gasteiger partial charge in [-0.05, 0) is 30.9 Å². The number of aromatic nitrogens is 1. The van der Waals surface area contributed by atoms with Gasteiger partial charge in [0.15, 0.2) is 0 Å². The van der Waals surface area contributed by atoms with Crippen LogP contribution in [-0.4, -0.2) is 4.98 Å². The number of rotatable bonds is 11. The Morgan fingerprint density at radius 3 is 1.94 bits per heavy atom. The first-order valence-corrected chi connectivity index (χ1v) is 8.01. The predicted molar refractivity (Wildman–Crippen MR) is 81.1 cm³/mol. The summed E-state index contributed by atoms with van der Waals surface area (Å²) in [5, 5.41) is 0. The first kappa shape index (κ1) is 15.3. The van der Waals surface area contributed by atoms with Crippen LogP contribution in [0.4, 0.5) is 0 Å². The van der Waals surface area contributed by atoms with Crippen LogP contribution in [0.5, 0.6) is 0 Å². The Hall–Kier alpha value is -0.720. The van der Waals surface area contributed by atoms with Gasteiger partial charge in [0.25, 0.3) is 0 Å². The lowest BCUT2D eigenvalue weighted by Crippen LogP contribution is -2.00. The molecule has 1 nitrogen and oxygen atoms in total. The van der Waals surface area contributed by atoms with E-state index in [0.717, 1.165) is 5.92 Å². The molecule has 1 heteroatoms. The maximum atomic E-state index is 3.42. The van der Waals surface area contributed by atoms with Crippen LogP contribution in [0, 0.1) is 0 Å². The maximum Gasteiger partial charge on any atom is 0.0178 e. The molecule has 0 aliphatic heterocycles. The summed E-state index contributed by atoms with van der Waals surface area (Å²) in [4.78, 5) is 3.42. The van der Waals surface area contributed by atoms with E-state index in [1.54, 1.807) is 0 Å². The van der Waals surface area contributed by atoms with E-state index in [2.05, 4.69) is 37.2 Å². The number of aromatic amines is 1. The predicted octanol–water partition coefficient (Wildman–Crippen LogP) is 6.04. The maximum absolute atomic E-state index is 3.42. The fourth-order valence-electron chi connectivity index (χ4n) is 2.69. The molecule has 0 fully saturated rings. The van der Waals surface area contributed by atoms with Crippen LogP contribution in [0.1, 0.15) is 89.7 Å². The quantitative estimate of drug-likeness (QED) is 0.460. The number of hydrogen-bond donors (Lipinski definition) is 1. The summed E-state index contributed by atoms with van der Waals surface area (Å²) in [5.74, 6) is 0.772. The lowest BCUT2D eigenvalue weighted by molar-refractivity contribution is 0.490. The molecule has 0 unspecified atom stereocenters. The van der Waals surface area contributed by atoms with Gasteiger partial charge in [0.05, 0.1) is 0 Å². The molecule has 0 amide bonds. The molecule has 0 aliphatic carbocycles. The van der Waals surface area contributed by atoms with Crippen molar-refractivity contribution >= 4 is 0 Å². The molecule has 0 saturated heterocycles. The van der Waals surface area contributed by atoms with E-state index in [0.29, 0.717) is 0 Å². The summed E-state index contributed by atoms with van der Waals surface area (Å²) in [6.45, 7) is 4.57. The highest BCUT2D eigenvalue weighted by Gasteiger charge is 2.11. The highest BCUT2D eigenvalue weighted by atomic mass is 14.7. The van der Waals surface area contributed by atoms with Crippen molar-refractivity contribution in [2.75, 3.05) is 0 Å². The van der Waals surface area contributed by atoms with E-state index in [1.165, 1.54) is 69.9 Å². The third-order valence-corrected chi connectivity index (χ3v) is 3.87. The summed E-state index contributed by atoms with van der Waals surface area (Å²) in [6, 6.07) is 4.41. The van der Waals surface area contributed by atoms with Crippen molar-refractivity contribution in [1.29, 1.82) is 0 Å². The fourth-order valence-corrected chi connectivity index (χ4v) is 2.69. The van der Waals surface area contributed by atoms with Gasteiger partial charge >= 0.3 is 0 Å². The molecule has 104 valence electrons. The van der Waals surface area contributed by atoms with Crippen LogP contribution >= 0.6 is 0 Å². The lowest BCUT2D eigenvalue weighted by Gasteiger charge is -2.15. The number of nitrogens with one attached hydrogen (secondary N) is 1. The largest absolute Gasteiger partial charge is 0.365 e. The molecule has 1 aromatic heterocycles. The van der Waals surface area contributed by atoms with Gasteiger partial charge in [0, 0.05) is 11.9 Å². The van der Waals surface area contributed by atoms with E-state index in [9.17, 15) is 0 Å². The topological polar surface area (TPSA) is 15.8 Å². The van der Waals surface area contributed by atoms with E-state index in [1.807, 2.05) is 0 Å². The van der Waals surface area contributed by atoms with Gasteiger partial charge in [-0.2, -0.15) is 0 Å². The zero-order valence-corrected chi connectivity index (χ0v) is 12.4. The summed E-state index contributed by atoms with van der Waals surface area (Å²) in [7, 11) is 0. The molecule has 1 aromatic rings. The van der Waals surface area contributed by atoms with Gasteiger partial charge in [0.1, 0.15) is 0 Å². The molecular formula is C17H31N. The van der Waals surface area contributed by atoms with Crippen molar-refractivity contribution in [3.63, 3.8) is 0 Å². The molecule has 0 aliphatic rings. The van der Waals surface area contributed by atoms with Gasteiger partial charge in [0.2, 0.25) is 0 Å². The molecule has 18 heavy (non-hydrogen) atoms. The monoisotopic (exact) mass is 249 g/mol.